The lowest BCUT2D eigenvalue weighted by molar-refractivity contribution is 0.0271. The van der Waals surface area contributed by atoms with Gasteiger partial charge in [-0.2, -0.15) is 0 Å². The first-order valence-electron chi connectivity index (χ1n) is 7.67. The van der Waals surface area contributed by atoms with Gasteiger partial charge in [-0.1, -0.05) is 19.3 Å². The summed E-state index contributed by atoms with van der Waals surface area (Å²) in [5.74, 6) is 2.00. The second-order valence-electron chi connectivity index (χ2n) is 5.61. The SMILES string of the molecule is Cc1ccc(C(C)NCCCOC2CCCCC2)o1. The van der Waals surface area contributed by atoms with E-state index in [1.165, 1.54) is 32.1 Å². The first-order chi connectivity index (χ1) is 9.25. The molecule has 1 aromatic heterocycles. The lowest BCUT2D eigenvalue weighted by Gasteiger charge is -2.22. The van der Waals surface area contributed by atoms with Crippen molar-refractivity contribution in [2.75, 3.05) is 13.2 Å². The average molecular weight is 265 g/mol. The summed E-state index contributed by atoms with van der Waals surface area (Å²) in [7, 11) is 0. The largest absolute Gasteiger partial charge is 0.465 e. The second kappa shape index (κ2) is 7.71. The Labute approximate surface area is 116 Å². The zero-order chi connectivity index (χ0) is 13.5. The maximum absolute atomic E-state index is 5.91. The highest BCUT2D eigenvalue weighted by atomic mass is 16.5. The van der Waals surface area contributed by atoms with E-state index in [-0.39, 0.29) is 6.04 Å². The normalized spacial score (nSPS) is 18.6. The molecule has 0 bridgehead atoms. The molecule has 1 atom stereocenters. The van der Waals surface area contributed by atoms with Crippen LogP contribution in [0.25, 0.3) is 0 Å². The molecule has 1 fully saturated rings. The standard InChI is InChI=1S/C16H27NO2/c1-13-9-10-16(19-13)14(2)17-11-6-12-18-15-7-4-3-5-8-15/h9-10,14-15,17H,3-8,11-12H2,1-2H3. The maximum Gasteiger partial charge on any atom is 0.120 e. The molecule has 0 radical (unpaired) electrons. The molecule has 108 valence electrons. The van der Waals surface area contributed by atoms with Crippen molar-refractivity contribution in [3.8, 4) is 0 Å². The lowest BCUT2D eigenvalue weighted by atomic mass is 9.98. The molecule has 1 N–H and O–H groups in total. The van der Waals surface area contributed by atoms with Crippen LogP contribution in [0.1, 0.15) is 63.0 Å². The highest BCUT2D eigenvalue weighted by Gasteiger charge is 2.13. The highest BCUT2D eigenvalue weighted by Crippen LogP contribution is 2.20. The van der Waals surface area contributed by atoms with Crippen molar-refractivity contribution >= 4 is 0 Å². The summed E-state index contributed by atoms with van der Waals surface area (Å²) in [6.45, 7) is 5.98. The lowest BCUT2D eigenvalue weighted by Crippen LogP contribution is -2.22. The zero-order valence-corrected chi connectivity index (χ0v) is 12.3. The summed E-state index contributed by atoms with van der Waals surface area (Å²) in [5.41, 5.74) is 0. The van der Waals surface area contributed by atoms with Gasteiger partial charge in [-0.05, 0) is 51.8 Å². The molecule has 1 heterocycles. The van der Waals surface area contributed by atoms with Gasteiger partial charge in [0.05, 0.1) is 12.1 Å². The van der Waals surface area contributed by atoms with Gasteiger partial charge in [0.1, 0.15) is 11.5 Å². The molecule has 0 spiro atoms. The van der Waals surface area contributed by atoms with Crippen LogP contribution >= 0.6 is 0 Å². The van der Waals surface area contributed by atoms with Gasteiger partial charge in [0.15, 0.2) is 0 Å². The molecule has 3 nitrogen and oxygen atoms in total. The Morgan fingerprint density at radius 1 is 1.32 bits per heavy atom. The van der Waals surface area contributed by atoms with Gasteiger partial charge in [0.25, 0.3) is 0 Å². The fourth-order valence-electron chi connectivity index (χ4n) is 2.66. The summed E-state index contributed by atoms with van der Waals surface area (Å²) in [6.07, 6.45) is 8.20. The van der Waals surface area contributed by atoms with Gasteiger partial charge >= 0.3 is 0 Å². The molecule has 1 aliphatic rings. The quantitative estimate of drug-likeness (QED) is 0.757. The molecule has 0 aliphatic heterocycles. The minimum absolute atomic E-state index is 0.281. The summed E-state index contributed by atoms with van der Waals surface area (Å²) in [6, 6.07) is 4.34. The summed E-state index contributed by atoms with van der Waals surface area (Å²) < 4.78 is 11.5. The van der Waals surface area contributed by atoms with Crippen molar-refractivity contribution in [3.05, 3.63) is 23.7 Å². The molecule has 1 saturated carbocycles. The van der Waals surface area contributed by atoms with Gasteiger partial charge in [0.2, 0.25) is 0 Å². The van der Waals surface area contributed by atoms with Crippen LogP contribution in [0.5, 0.6) is 0 Å². The number of aryl methyl sites for hydroxylation is 1. The van der Waals surface area contributed by atoms with E-state index in [0.717, 1.165) is 31.1 Å². The number of rotatable bonds is 7. The van der Waals surface area contributed by atoms with Crippen molar-refractivity contribution in [2.24, 2.45) is 0 Å². The third kappa shape index (κ3) is 5.00. The number of ether oxygens (including phenoxy) is 1. The molecule has 2 rings (SSSR count). The monoisotopic (exact) mass is 265 g/mol. The van der Waals surface area contributed by atoms with Crippen LogP contribution in [0.2, 0.25) is 0 Å². The van der Waals surface area contributed by atoms with Crippen LogP contribution in [0.4, 0.5) is 0 Å². The third-order valence-corrected chi connectivity index (χ3v) is 3.87. The summed E-state index contributed by atoms with van der Waals surface area (Å²) in [5, 5.41) is 3.48. The van der Waals surface area contributed by atoms with E-state index in [0.29, 0.717) is 6.10 Å². The fourth-order valence-corrected chi connectivity index (χ4v) is 2.66. The Bertz CT molecular complexity index is 355. The van der Waals surface area contributed by atoms with Crippen LogP contribution in [0.3, 0.4) is 0 Å². The molecular weight excluding hydrogens is 238 g/mol. The molecule has 19 heavy (non-hydrogen) atoms. The van der Waals surface area contributed by atoms with Gasteiger partial charge in [-0.3, -0.25) is 0 Å². The van der Waals surface area contributed by atoms with Crippen LogP contribution in [0.15, 0.2) is 16.5 Å². The van der Waals surface area contributed by atoms with E-state index < -0.39 is 0 Å². The van der Waals surface area contributed by atoms with Crippen molar-refractivity contribution < 1.29 is 9.15 Å². The van der Waals surface area contributed by atoms with Gasteiger partial charge < -0.3 is 14.5 Å². The van der Waals surface area contributed by atoms with E-state index in [9.17, 15) is 0 Å². The van der Waals surface area contributed by atoms with E-state index in [1.807, 2.05) is 19.1 Å². The van der Waals surface area contributed by atoms with Gasteiger partial charge in [0, 0.05) is 6.61 Å². The molecule has 0 amide bonds. The average Bonchev–Trinajstić information content (AvgIpc) is 2.86. The Morgan fingerprint density at radius 3 is 2.79 bits per heavy atom. The van der Waals surface area contributed by atoms with Crippen molar-refractivity contribution in [1.29, 1.82) is 0 Å². The first-order valence-corrected chi connectivity index (χ1v) is 7.67. The van der Waals surface area contributed by atoms with E-state index in [2.05, 4.69) is 12.2 Å². The summed E-state index contributed by atoms with van der Waals surface area (Å²) >= 11 is 0. The van der Waals surface area contributed by atoms with E-state index in [1.54, 1.807) is 0 Å². The molecular formula is C16H27NO2. The van der Waals surface area contributed by atoms with E-state index in [4.69, 9.17) is 9.15 Å². The molecule has 1 aliphatic carbocycles. The van der Waals surface area contributed by atoms with Crippen LogP contribution in [0, 0.1) is 6.92 Å². The zero-order valence-electron chi connectivity index (χ0n) is 12.3. The second-order valence-corrected chi connectivity index (χ2v) is 5.61. The molecule has 1 unspecified atom stereocenters. The number of hydrogen-bond donors (Lipinski definition) is 1. The molecule has 1 aromatic rings. The minimum atomic E-state index is 0.281. The predicted octanol–water partition coefficient (Wildman–Crippen LogP) is 3.98. The smallest absolute Gasteiger partial charge is 0.120 e. The Hall–Kier alpha value is -0.800. The van der Waals surface area contributed by atoms with Crippen LogP contribution < -0.4 is 5.32 Å². The summed E-state index contributed by atoms with van der Waals surface area (Å²) in [4.78, 5) is 0. The first kappa shape index (κ1) is 14.6. The Balaban J connectivity index is 1.54. The fraction of sp³-hybridized carbons (Fsp3) is 0.750. The molecule has 3 heteroatoms. The molecule has 0 saturated heterocycles. The van der Waals surface area contributed by atoms with Gasteiger partial charge in [-0.25, -0.2) is 0 Å². The van der Waals surface area contributed by atoms with Crippen molar-refractivity contribution in [1.82, 2.24) is 5.32 Å². The number of hydrogen-bond acceptors (Lipinski definition) is 3. The third-order valence-electron chi connectivity index (χ3n) is 3.87. The predicted molar refractivity (Wildman–Crippen MR) is 77.3 cm³/mol. The minimum Gasteiger partial charge on any atom is -0.465 e. The highest BCUT2D eigenvalue weighted by molar-refractivity contribution is 5.08. The Morgan fingerprint density at radius 2 is 2.11 bits per heavy atom. The maximum atomic E-state index is 5.91. The number of furan rings is 1. The van der Waals surface area contributed by atoms with Crippen molar-refractivity contribution in [2.45, 2.75) is 64.5 Å². The van der Waals surface area contributed by atoms with Crippen molar-refractivity contribution in [3.63, 3.8) is 0 Å². The Kier molecular flexibility index (Phi) is 5.93. The number of nitrogens with one attached hydrogen (secondary N) is 1. The molecule has 0 aromatic carbocycles. The van der Waals surface area contributed by atoms with Crippen LogP contribution in [-0.2, 0) is 4.74 Å². The van der Waals surface area contributed by atoms with Crippen LogP contribution in [-0.4, -0.2) is 19.3 Å². The van der Waals surface area contributed by atoms with E-state index >= 15 is 0 Å². The van der Waals surface area contributed by atoms with Gasteiger partial charge in [-0.15, -0.1) is 0 Å². The topological polar surface area (TPSA) is 34.4 Å².